The number of pyridine rings is 1. The van der Waals surface area contributed by atoms with Crippen molar-refractivity contribution in [1.29, 1.82) is 0 Å². The Morgan fingerprint density at radius 2 is 2.00 bits per heavy atom. The van der Waals surface area contributed by atoms with Gasteiger partial charge in [-0.2, -0.15) is 0 Å². The molecular weight excluding hydrogens is 450 g/mol. The van der Waals surface area contributed by atoms with Crippen molar-refractivity contribution in [2.45, 2.75) is 44.7 Å². The van der Waals surface area contributed by atoms with Gasteiger partial charge >= 0.3 is 0 Å². The lowest BCUT2D eigenvalue weighted by Gasteiger charge is -2.29. The fourth-order valence-corrected chi connectivity index (χ4v) is 5.04. The zero-order chi connectivity index (χ0) is 23.3. The van der Waals surface area contributed by atoms with E-state index in [0.29, 0.717) is 22.6 Å². The number of furan rings is 1. The molecule has 3 aromatic rings. The van der Waals surface area contributed by atoms with Gasteiger partial charge in [0.25, 0.3) is 11.1 Å². The summed E-state index contributed by atoms with van der Waals surface area (Å²) in [5.41, 5.74) is 3.59. The van der Waals surface area contributed by atoms with Gasteiger partial charge in [-0.1, -0.05) is 6.07 Å². The quantitative estimate of drug-likeness (QED) is 0.486. The molecular formula is C25H25N5O3S. The molecule has 9 heteroatoms. The highest BCUT2D eigenvalue weighted by Gasteiger charge is 2.25. The summed E-state index contributed by atoms with van der Waals surface area (Å²) in [6.45, 7) is 0.745. The van der Waals surface area contributed by atoms with Gasteiger partial charge in [0, 0.05) is 30.8 Å². The summed E-state index contributed by atoms with van der Waals surface area (Å²) in [7, 11) is 0. The number of imide groups is 1. The summed E-state index contributed by atoms with van der Waals surface area (Å²) in [6, 6.07) is 10.2. The lowest BCUT2D eigenvalue weighted by Crippen LogP contribution is -2.33. The maximum absolute atomic E-state index is 11.8. The number of nitrogens with zero attached hydrogens (tertiary/aromatic N) is 3. The van der Waals surface area contributed by atoms with Gasteiger partial charge in [-0.15, -0.1) is 0 Å². The summed E-state index contributed by atoms with van der Waals surface area (Å²) in [4.78, 5) is 37.2. The van der Waals surface area contributed by atoms with Gasteiger partial charge in [0.15, 0.2) is 0 Å². The first-order valence-electron chi connectivity index (χ1n) is 11.4. The number of rotatable bonds is 7. The highest BCUT2D eigenvalue weighted by atomic mass is 32.2. The van der Waals surface area contributed by atoms with Crippen molar-refractivity contribution in [3.63, 3.8) is 0 Å². The average molecular weight is 476 g/mol. The van der Waals surface area contributed by atoms with Crippen LogP contribution in [-0.2, 0) is 17.8 Å². The highest BCUT2D eigenvalue weighted by molar-refractivity contribution is 8.18. The highest BCUT2D eigenvalue weighted by Crippen LogP contribution is 2.28. The first kappa shape index (κ1) is 22.5. The van der Waals surface area contributed by atoms with Gasteiger partial charge < -0.3 is 9.73 Å². The molecule has 174 valence electrons. The lowest BCUT2D eigenvalue weighted by atomic mass is 9.84. The second kappa shape index (κ2) is 10.3. The van der Waals surface area contributed by atoms with E-state index < -0.39 is 0 Å². The van der Waals surface area contributed by atoms with E-state index in [-0.39, 0.29) is 11.1 Å². The Morgan fingerprint density at radius 3 is 2.76 bits per heavy atom. The van der Waals surface area contributed by atoms with Crippen LogP contribution >= 0.6 is 11.8 Å². The third-order valence-electron chi connectivity index (χ3n) is 6.16. The molecule has 0 radical (unpaired) electrons. The van der Waals surface area contributed by atoms with E-state index in [0.717, 1.165) is 73.2 Å². The molecule has 2 N–H and O–H groups in total. The Balaban J connectivity index is 1.11. The number of thioether (sulfide) groups is 1. The number of aromatic nitrogens is 3. The van der Waals surface area contributed by atoms with Crippen LogP contribution in [0.1, 0.15) is 42.9 Å². The molecule has 2 fully saturated rings. The summed E-state index contributed by atoms with van der Waals surface area (Å²) in [5, 5.41) is 5.57. The molecule has 4 heterocycles. The largest absolute Gasteiger partial charge is 0.472 e. The molecule has 0 unspecified atom stereocenters. The molecule has 0 aromatic carbocycles. The van der Waals surface area contributed by atoms with E-state index in [1.807, 2.05) is 24.3 Å². The van der Waals surface area contributed by atoms with E-state index >= 15 is 0 Å². The van der Waals surface area contributed by atoms with E-state index in [1.165, 1.54) is 0 Å². The molecule has 0 spiro atoms. The summed E-state index contributed by atoms with van der Waals surface area (Å²) < 4.78 is 5.16. The molecule has 3 aromatic heterocycles. The van der Waals surface area contributed by atoms with Crippen molar-refractivity contribution in [3.05, 3.63) is 71.2 Å². The molecule has 1 aliphatic heterocycles. The van der Waals surface area contributed by atoms with Gasteiger partial charge in [0.2, 0.25) is 0 Å². The van der Waals surface area contributed by atoms with Gasteiger partial charge in [-0.05, 0) is 73.7 Å². The Morgan fingerprint density at radius 1 is 1.12 bits per heavy atom. The number of amides is 2. The van der Waals surface area contributed by atoms with Gasteiger partial charge in [-0.25, -0.2) is 9.97 Å². The minimum atomic E-state index is -0.371. The molecule has 5 rings (SSSR count). The second-order valence-corrected chi connectivity index (χ2v) is 9.59. The van der Waals surface area contributed by atoms with Crippen LogP contribution in [0.4, 0.5) is 4.79 Å². The SMILES string of the molecule is O=C1NC(=O)/C(=C/c2ccnc(CC3CCC(NCc4cccc(-c5ccoc5)n4)CC3)n2)S1. The van der Waals surface area contributed by atoms with Crippen LogP contribution < -0.4 is 10.6 Å². The summed E-state index contributed by atoms with van der Waals surface area (Å²) >= 11 is 0.899. The van der Waals surface area contributed by atoms with E-state index in [2.05, 4.69) is 20.6 Å². The smallest absolute Gasteiger partial charge is 0.290 e. The molecule has 1 saturated heterocycles. The first-order chi connectivity index (χ1) is 16.6. The molecule has 2 aliphatic rings. The van der Waals surface area contributed by atoms with Crippen molar-refractivity contribution in [2.75, 3.05) is 0 Å². The van der Waals surface area contributed by atoms with Crippen LogP contribution in [0.15, 0.2) is 58.4 Å². The third-order valence-corrected chi connectivity index (χ3v) is 6.97. The molecule has 8 nitrogen and oxygen atoms in total. The van der Waals surface area contributed by atoms with Crippen LogP contribution in [0, 0.1) is 5.92 Å². The number of carbonyl (C=O) groups is 2. The fraction of sp³-hybridized carbons (Fsp3) is 0.320. The van der Waals surface area contributed by atoms with Gasteiger partial charge in [0.1, 0.15) is 5.82 Å². The van der Waals surface area contributed by atoms with Crippen LogP contribution in [0.3, 0.4) is 0 Å². The number of hydrogen-bond acceptors (Lipinski definition) is 8. The maximum atomic E-state index is 11.8. The standard InChI is InChI=1S/C25H25N5O3S/c31-24-22(34-25(32)30-24)13-19-8-10-26-23(29-19)12-16-4-6-18(7-5-16)27-14-20-2-1-3-21(28-20)17-9-11-33-15-17/h1-3,8-11,13,15-16,18,27H,4-7,12,14H2,(H,30,31,32)/b22-13-. The minimum absolute atomic E-state index is 0.350. The zero-order valence-corrected chi connectivity index (χ0v) is 19.4. The molecule has 0 bridgehead atoms. The Hall–Kier alpha value is -3.30. The molecule has 34 heavy (non-hydrogen) atoms. The monoisotopic (exact) mass is 475 g/mol. The number of hydrogen-bond donors (Lipinski definition) is 2. The van der Waals surface area contributed by atoms with Crippen molar-refractivity contribution < 1.29 is 14.0 Å². The lowest BCUT2D eigenvalue weighted by molar-refractivity contribution is -0.115. The second-order valence-electron chi connectivity index (χ2n) is 8.58. The maximum Gasteiger partial charge on any atom is 0.290 e. The zero-order valence-electron chi connectivity index (χ0n) is 18.6. The van der Waals surface area contributed by atoms with Gasteiger partial charge in [-0.3, -0.25) is 19.9 Å². The average Bonchev–Trinajstić information content (AvgIpc) is 3.49. The van der Waals surface area contributed by atoms with Gasteiger partial charge in [0.05, 0.1) is 34.5 Å². The summed E-state index contributed by atoms with van der Waals surface area (Å²) in [6.07, 6.45) is 12.0. The predicted octanol–water partition coefficient (Wildman–Crippen LogP) is 4.35. The van der Waals surface area contributed by atoms with Crippen LogP contribution in [0.5, 0.6) is 0 Å². The fourth-order valence-electron chi connectivity index (χ4n) is 4.38. The van der Waals surface area contributed by atoms with Crippen LogP contribution in [0.25, 0.3) is 17.3 Å². The molecule has 1 saturated carbocycles. The Labute approximate surface area is 201 Å². The molecule has 0 atom stereocenters. The van der Waals surface area contributed by atoms with Crippen molar-refractivity contribution in [1.82, 2.24) is 25.6 Å². The topological polar surface area (TPSA) is 110 Å². The van der Waals surface area contributed by atoms with Crippen LogP contribution in [-0.4, -0.2) is 32.1 Å². The number of carbonyl (C=O) groups excluding carboxylic acids is 2. The van der Waals surface area contributed by atoms with E-state index in [1.54, 1.807) is 30.9 Å². The third kappa shape index (κ3) is 5.60. The van der Waals surface area contributed by atoms with Crippen molar-refractivity contribution in [3.8, 4) is 11.3 Å². The van der Waals surface area contributed by atoms with E-state index in [4.69, 9.17) is 9.40 Å². The minimum Gasteiger partial charge on any atom is -0.472 e. The first-order valence-corrected chi connectivity index (χ1v) is 12.2. The van der Waals surface area contributed by atoms with Crippen molar-refractivity contribution >= 4 is 29.0 Å². The normalized spacial score (nSPS) is 21.7. The summed E-state index contributed by atoms with van der Waals surface area (Å²) in [5.74, 6) is 0.944. The van der Waals surface area contributed by atoms with Crippen molar-refractivity contribution in [2.24, 2.45) is 5.92 Å². The number of nitrogens with one attached hydrogen (secondary N) is 2. The van der Waals surface area contributed by atoms with Crippen LogP contribution in [0.2, 0.25) is 0 Å². The van der Waals surface area contributed by atoms with E-state index in [9.17, 15) is 9.59 Å². The Kier molecular flexibility index (Phi) is 6.82. The predicted molar refractivity (Wildman–Crippen MR) is 129 cm³/mol. The Bertz CT molecular complexity index is 1200. The molecule has 2 amide bonds. The molecule has 1 aliphatic carbocycles.